The lowest BCUT2D eigenvalue weighted by atomic mass is 10.0. The van der Waals surface area contributed by atoms with Gasteiger partial charge in [0.1, 0.15) is 0 Å². The largest absolute Gasteiger partial charge is 0.353 e. The third kappa shape index (κ3) is 3.87. The first kappa shape index (κ1) is 13.1. The van der Waals surface area contributed by atoms with Crippen LogP contribution in [0.25, 0.3) is 0 Å². The van der Waals surface area contributed by atoms with E-state index in [1.165, 1.54) is 12.8 Å². The molecule has 0 bridgehead atoms. The molecular weight excluding hydrogens is 198 g/mol. The van der Waals surface area contributed by atoms with Gasteiger partial charge in [0, 0.05) is 18.8 Å². The zero-order valence-electron chi connectivity index (χ0n) is 11.2. The van der Waals surface area contributed by atoms with E-state index < -0.39 is 0 Å². The van der Waals surface area contributed by atoms with E-state index in [0.717, 1.165) is 24.1 Å². The highest BCUT2D eigenvalue weighted by Gasteiger charge is 2.08. The molecule has 0 saturated heterocycles. The summed E-state index contributed by atoms with van der Waals surface area (Å²) in [5.74, 6) is 1.79. The summed E-state index contributed by atoms with van der Waals surface area (Å²) >= 11 is 0. The van der Waals surface area contributed by atoms with Crippen LogP contribution in [0.4, 0.5) is 5.95 Å². The van der Waals surface area contributed by atoms with Crippen molar-refractivity contribution < 1.29 is 0 Å². The minimum atomic E-state index is 0.495. The monoisotopic (exact) mass is 223 g/mol. The number of aryl methyl sites for hydroxylation is 2. The fourth-order valence-electron chi connectivity index (χ4n) is 1.78. The highest BCUT2D eigenvalue weighted by atomic mass is 15.2. The average Bonchev–Trinajstić information content (AvgIpc) is 2.55. The summed E-state index contributed by atoms with van der Waals surface area (Å²) in [6.45, 7) is 11.9. The number of hydrogen-bond acceptors (Lipinski definition) is 2. The summed E-state index contributed by atoms with van der Waals surface area (Å²) in [6, 6.07) is 0.495. The molecule has 0 fully saturated rings. The molecular formula is C13H25N3. The van der Waals surface area contributed by atoms with Crippen molar-refractivity contribution in [2.24, 2.45) is 5.92 Å². The van der Waals surface area contributed by atoms with Crippen LogP contribution in [0.1, 0.15) is 46.2 Å². The molecule has 3 heteroatoms. The topological polar surface area (TPSA) is 29.9 Å². The van der Waals surface area contributed by atoms with Crippen molar-refractivity contribution in [3.05, 3.63) is 11.9 Å². The molecule has 3 nitrogen and oxygen atoms in total. The molecule has 0 aliphatic carbocycles. The molecule has 0 saturated carbocycles. The fourth-order valence-corrected chi connectivity index (χ4v) is 1.78. The summed E-state index contributed by atoms with van der Waals surface area (Å²) in [5.41, 5.74) is 1.08. The molecule has 1 aromatic rings. The van der Waals surface area contributed by atoms with Gasteiger partial charge in [0.2, 0.25) is 5.95 Å². The Labute approximate surface area is 99.3 Å². The Morgan fingerprint density at radius 3 is 2.56 bits per heavy atom. The summed E-state index contributed by atoms with van der Waals surface area (Å²) in [4.78, 5) is 4.50. The summed E-state index contributed by atoms with van der Waals surface area (Å²) in [7, 11) is 0. The van der Waals surface area contributed by atoms with E-state index >= 15 is 0 Å². The number of nitrogens with zero attached hydrogens (tertiary/aromatic N) is 2. The zero-order chi connectivity index (χ0) is 12.1. The molecule has 1 unspecified atom stereocenters. The minimum Gasteiger partial charge on any atom is -0.353 e. The Balaban J connectivity index is 2.51. The van der Waals surface area contributed by atoms with Crippen LogP contribution in [0.5, 0.6) is 0 Å². The summed E-state index contributed by atoms with van der Waals surface area (Å²) < 4.78 is 2.17. The maximum atomic E-state index is 4.50. The standard InChI is InChI=1S/C13H25N3/c1-6-16-9-12(5)15-13(16)14-11(4)8-7-10(2)3/h9-11H,6-8H2,1-5H3,(H,14,15). The number of anilines is 1. The Kier molecular flexibility index (Phi) is 4.84. The number of hydrogen-bond donors (Lipinski definition) is 1. The molecule has 0 aliphatic heterocycles. The SMILES string of the molecule is CCn1cc(C)nc1NC(C)CCC(C)C. The highest BCUT2D eigenvalue weighted by Crippen LogP contribution is 2.13. The zero-order valence-corrected chi connectivity index (χ0v) is 11.2. The van der Waals surface area contributed by atoms with Crippen LogP contribution < -0.4 is 5.32 Å². The van der Waals surface area contributed by atoms with E-state index in [4.69, 9.17) is 0 Å². The molecule has 0 amide bonds. The van der Waals surface area contributed by atoms with Gasteiger partial charge < -0.3 is 9.88 Å². The van der Waals surface area contributed by atoms with Crippen LogP contribution in [0.15, 0.2) is 6.20 Å². The lowest BCUT2D eigenvalue weighted by Gasteiger charge is -2.16. The number of imidazole rings is 1. The van der Waals surface area contributed by atoms with E-state index in [2.05, 4.69) is 48.8 Å². The van der Waals surface area contributed by atoms with Gasteiger partial charge in [-0.05, 0) is 39.5 Å². The van der Waals surface area contributed by atoms with Gasteiger partial charge in [-0.15, -0.1) is 0 Å². The van der Waals surface area contributed by atoms with Gasteiger partial charge in [0.15, 0.2) is 0 Å². The molecule has 1 rings (SSSR count). The molecule has 1 atom stereocenters. The van der Waals surface area contributed by atoms with E-state index in [1.54, 1.807) is 0 Å². The van der Waals surface area contributed by atoms with Gasteiger partial charge in [0.25, 0.3) is 0 Å². The number of aromatic nitrogens is 2. The predicted octanol–water partition coefficient (Wildman–Crippen LogP) is 3.45. The van der Waals surface area contributed by atoms with Crippen LogP contribution >= 0.6 is 0 Å². The van der Waals surface area contributed by atoms with Crippen molar-refractivity contribution in [3.63, 3.8) is 0 Å². The van der Waals surface area contributed by atoms with Crippen molar-refractivity contribution in [1.82, 2.24) is 9.55 Å². The Bertz CT molecular complexity index is 315. The Hall–Kier alpha value is -0.990. The normalized spacial score (nSPS) is 13.1. The van der Waals surface area contributed by atoms with Crippen molar-refractivity contribution >= 4 is 5.95 Å². The highest BCUT2D eigenvalue weighted by molar-refractivity contribution is 5.29. The van der Waals surface area contributed by atoms with Crippen LogP contribution in [0.3, 0.4) is 0 Å². The smallest absolute Gasteiger partial charge is 0.203 e. The average molecular weight is 223 g/mol. The third-order valence-corrected chi connectivity index (χ3v) is 2.79. The second kappa shape index (κ2) is 5.92. The maximum absolute atomic E-state index is 4.50. The molecule has 0 radical (unpaired) electrons. The van der Waals surface area contributed by atoms with Crippen molar-refractivity contribution in [3.8, 4) is 0 Å². The van der Waals surface area contributed by atoms with E-state index in [-0.39, 0.29) is 0 Å². The lowest BCUT2D eigenvalue weighted by Crippen LogP contribution is -2.18. The van der Waals surface area contributed by atoms with Crippen LogP contribution in [-0.2, 0) is 6.54 Å². The van der Waals surface area contributed by atoms with E-state index in [1.807, 2.05) is 6.92 Å². The molecule has 1 heterocycles. The molecule has 1 aromatic heterocycles. The summed E-state index contributed by atoms with van der Waals surface area (Å²) in [6.07, 6.45) is 4.56. The van der Waals surface area contributed by atoms with Crippen molar-refractivity contribution in [1.29, 1.82) is 0 Å². The molecule has 0 aliphatic rings. The van der Waals surface area contributed by atoms with Gasteiger partial charge in [-0.25, -0.2) is 4.98 Å². The third-order valence-electron chi connectivity index (χ3n) is 2.79. The lowest BCUT2D eigenvalue weighted by molar-refractivity contribution is 0.525. The quantitative estimate of drug-likeness (QED) is 0.800. The Morgan fingerprint density at radius 2 is 2.00 bits per heavy atom. The first-order valence-corrected chi connectivity index (χ1v) is 6.33. The van der Waals surface area contributed by atoms with Gasteiger partial charge >= 0.3 is 0 Å². The molecule has 0 spiro atoms. The van der Waals surface area contributed by atoms with Crippen molar-refractivity contribution in [2.75, 3.05) is 5.32 Å². The van der Waals surface area contributed by atoms with Crippen LogP contribution in [0.2, 0.25) is 0 Å². The molecule has 92 valence electrons. The van der Waals surface area contributed by atoms with E-state index in [0.29, 0.717) is 6.04 Å². The molecule has 16 heavy (non-hydrogen) atoms. The molecule has 0 aromatic carbocycles. The maximum Gasteiger partial charge on any atom is 0.203 e. The second-order valence-electron chi connectivity index (χ2n) is 5.01. The second-order valence-corrected chi connectivity index (χ2v) is 5.01. The summed E-state index contributed by atoms with van der Waals surface area (Å²) in [5, 5.41) is 3.49. The molecule has 1 N–H and O–H groups in total. The number of nitrogens with one attached hydrogen (secondary N) is 1. The van der Waals surface area contributed by atoms with Crippen LogP contribution in [0, 0.1) is 12.8 Å². The minimum absolute atomic E-state index is 0.495. The van der Waals surface area contributed by atoms with Gasteiger partial charge in [-0.2, -0.15) is 0 Å². The van der Waals surface area contributed by atoms with Gasteiger partial charge in [0.05, 0.1) is 5.69 Å². The van der Waals surface area contributed by atoms with Gasteiger partial charge in [-0.3, -0.25) is 0 Å². The van der Waals surface area contributed by atoms with E-state index in [9.17, 15) is 0 Å². The predicted molar refractivity (Wildman–Crippen MR) is 69.8 cm³/mol. The van der Waals surface area contributed by atoms with Crippen LogP contribution in [-0.4, -0.2) is 15.6 Å². The van der Waals surface area contributed by atoms with Crippen molar-refractivity contribution in [2.45, 2.75) is 60.0 Å². The first-order valence-electron chi connectivity index (χ1n) is 6.33. The number of rotatable bonds is 6. The van der Waals surface area contributed by atoms with Gasteiger partial charge in [-0.1, -0.05) is 13.8 Å². The fraction of sp³-hybridized carbons (Fsp3) is 0.769. The Morgan fingerprint density at radius 1 is 1.31 bits per heavy atom. The first-order chi connectivity index (χ1) is 7.52.